The van der Waals surface area contributed by atoms with E-state index in [-0.39, 0.29) is 11.9 Å². The monoisotopic (exact) mass is 240 g/mol. The number of carbonyl (C=O) groups excluding carboxylic acids is 1. The van der Waals surface area contributed by atoms with Crippen LogP contribution in [0.5, 0.6) is 0 Å². The van der Waals surface area contributed by atoms with Crippen molar-refractivity contribution in [1.29, 1.82) is 0 Å². The number of nitrogens with one attached hydrogen (secondary N) is 2. The predicted octanol–water partition coefficient (Wildman–Crippen LogP) is -0.975. The van der Waals surface area contributed by atoms with Gasteiger partial charge in [-0.15, -0.1) is 0 Å². The Kier molecular flexibility index (Phi) is 4.05. The summed E-state index contributed by atoms with van der Waals surface area (Å²) in [5.41, 5.74) is 0. The molecule has 1 aliphatic rings. The molecule has 1 aliphatic heterocycles. The summed E-state index contributed by atoms with van der Waals surface area (Å²) >= 11 is 0. The van der Waals surface area contributed by atoms with E-state index in [1.165, 1.54) is 0 Å². The van der Waals surface area contributed by atoms with E-state index in [0.717, 1.165) is 0 Å². The third-order valence-electron chi connectivity index (χ3n) is 2.46. The minimum atomic E-state index is -0.254. The number of hydrogen-bond donors (Lipinski definition) is 2. The fourth-order valence-electron chi connectivity index (χ4n) is 1.60. The Hall–Kier alpha value is -1.47. The Morgan fingerprint density at radius 2 is 2.53 bits per heavy atom. The summed E-state index contributed by atoms with van der Waals surface area (Å²) in [6, 6.07) is -0.254. The first kappa shape index (κ1) is 12.0. The Bertz CT molecular complexity index is 373. The van der Waals surface area contributed by atoms with Crippen LogP contribution in [-0.4, -0.2) is 48.4 Å². The molecule has 7 heteroatoms. The largest absolute Gasteiger partial charge is 0.378 e. The molecule has 2 rings (SSSR count). The van der Waals surface area contributed by atoms with Crippen LogP contribution in [0.1, 0.15) is 11.7 Å². The number of amides is 1. The molecule has 0 aliphatic carbocycles. The van der Waals surface area contributed by atoms with Gasteiger partial charge in [0, 0.05) is 26.4 Å². The molecule has 7 nitrogen and oxygen atoms in total. The molecule has 2 N–H and O–H groups in total. The zero-order valence-corrected chi connectivity index (χ0v) is 9.73. The second kappa shape index (κ2) is 5.74. The number of hydrogen-bond acceptors (Lipinski definition) is 6. The van der Waals surface area contributed by atoms with Crippen LogP contribution in [0.4, 0.5) is 0 Å². The second-order valence-corrected chi connectivity index (χ2v) is 3.85. The van der Waals surface area contributed by atoms with E-state index >= 15 is 0 Å². The number of aromatic nitrogens is 2. The summed E-state index contributed by atoms with van der Waals surface area (Å²) in [6.07, 6.45) is 0.566. The summed E-state index contributed by atoms with van der Waals surface area (Å²) in [5, 5.41) is 9.64. The van der Waals surface area contributed by atoms with E-state index in [2.05, 4.69) is 20.8 Å². The molecule has 0 saturated carbocycles. The lowest BCUT2D eigenvalue weighted by molar-refractivity contribution is -0.125. The molecule has 1 aromatic heterocycles. The highest BCUT2D eigenvalue weighted by atomic mass is 16.5. The van der Waals surface area contributed by atoms with Crippen LogP contribution in [0.2, 0.25) is 0 Å². The highest BCUT2D eigenvalue weighted by molar-refractivity contribution is 5.81. The van der Waals surface area contributed by atoms with Gasteiger partial charge in [-0.3, -0.25) is 4.79 Å². The summed E-state index contributed by atoms with van der Waals surface area (Å²) in [4.78, 5) is 15.7. The van der Waals surface area contributed by atoms with Crippen LogP contribution in [0, 0.1) is 6.92 Å². The number of rotatable bonds is 4. The Morgan fingerprint density at radius 3 is 3.18 bits per heavy atom. The first-order valence-electron chi connectivity index (χ1n) is 5.64. The molecule has 94 valence electrons. The van der Waals surface area contributed by atoms with Crippen molar-refractivity contribution in [3.8, 4) is 0 Å². The topological polar surface area (TPSA) is 89.3 Å². The fourth-order valence-corrected chi connectivity index (χ4v) is 1.60. The molecule has 1 fully saturated rings. The molecule has 1 aromatic rings. The molecule has 0 spiro atoms. The highest BCUT2D eigenvalue weighted by Crippen LogP contribution is 1.96. The Labute approximate surface area is 98.9 Å². The third-order valence-corrected chi connectivity index (χ3v) is 2.46. The van der Waals surface area contributed by atoms with Crippen molar-refractivity contribution in [2.24, 2.45) is 0 Å². The standard InChI is InChI=1S/C10H16N4O3/c1-7-13-9(14-17-7)2-3-12-10(15)8-6-16-5-4-11-8/h8,11H,2-6H2,1H3,(H,12,15). The summed E-state index contributed by atoms with van der Waals surface area (Å²) in [6.45, 7) is 4.02. The van der Waals surface area contributed by atoms with Crippen LogP contribution >= 0.6 is 0 Å². The van der Waals surface area contributed by atoms with Gasteiger partial charge in [-0.1, -0.05) is 5.16 Å². The van der Waals surface area contributed by atoms with Gasteiger partial charge in [0.2, 0.25) is 11.8 Å². The predicted molar refractivity (Wildman–Crippen MR) is 58.4 cm³/mol. The molecule has 0 bridgehead atoms. The van der Waals surface area contributed by atoms with E-state index < -0.39 is 0 Å². The first-order chi connectivity index (χ1) is 8.25. The lowest BCUT2D eigenvalue weighted by atomic mass is 10.2. The number of aryl methyl sites for hydroxylation is 1. The molecule has 1 amide bonds. The smallest absolute Gasteiger partial charge is 0.239 e. The minimum absolute atomic E-state index is 0.0510. The lowest BCUT2D eigenvalue weighted by Crippen LogP contribution is -2.51. The number of morpholine rings is 1. The molecule has 1 saturated heterocycles. The molecule has 17 heavy (non-hydrogen) atoms. The summed E-state index contributed by atoms with van der Waals surface area (Å²) in [7, 11) is 0. The second-order valence-electron chi connectivity index (χ2n) is 3.85. The fraction of sp³-hybridized carbons (Fsp3) is 0.700. The van der Waals surface area contributed by atoms with Crippen LogP contribution in [0.25, 0.3) is 0 Å². The average molecular weight is 240 g/mol. The lowest BCUT2D eigenvalue weighted by Gasteiger charge is -2.22. The SMILES string of the molecule is Cc1nc(CCNC(=O)C2COCCN2)no1. The van der Waals surface area contributed by atoms with E-state index in [1.807, 2.05) is 0 Å². The molecule has 0 radical (unpaired) electrons. The van der Waals surface area contributed by atoms with Gasteiger partial charge in [-0.2, -0.15) is 4.98 Å². The van der Waals surface area contributed by atoms with Crippen molar-refractivity contribution in [3.63, 3.8) is 0 Å². The van der Waals surface area contributed by atoms with Gasteiger partial charge in [-0.05, 0) is 0 Å². The van der Waals surface area contributed by atoms with Crippen molar-refractivity contribution >= 4 is 5.91 Å². The Morgan fingerprint density at radius 1 is 1.65 bits per heavy atom. The van der Waals surface area contributed by atoms with Crippen molar-refractivity contribution < 1.29 is 14.1 Å². The molecule has 1 atom stereocenters. The zero-order chi connectivity index (χ0) is 12.1. The van der Waals surface area contributed by atoms with Gasteiger partial charge >= 0.3 is 0 Å². The molecule has 1 unspecified atom stereocenters. The average Bonchev–Trinajstić information content (AvgIpc) is 2.76. The van der Waals surface area contributed by atoms with Crippen molar-refractivity contribution in [2.45, 2.75) is 19.4 Å². The maximum atomic E-state index is 11.7. The zero-order valence-electron chi connectivity index (χ0n) is 9.73. The minimum Gasteiger partial charge on any atom is -0.378 e. The van der Waals surface area contributed by atoms with Crippen LogP contribution in [0.15, 0.2) is 4.52 Å². The quantitative estimate of drug-likeness (QED) is 0.703. The van der Waals surface area contributed by atoms with E-state index in [0.29, 0.717) is 44.4 Å². The summed E-state index contributed by atoms with van der Waals surface area (Å²) < 4.78 is 10.0. The van der Waals surface area contributed by atoms with Crippen LogP contribution in [-0.2, 0) is 16.0 Å². The number of carbonyl (C=O) groups is 1. The van der Waals surface area contributed by atoms with Gasteiger partial charge in [-0.25, -0.2) is 0 Å². The van der Waals surface area contributed by atoms with E-state index in [4.69, 9.17) is 9.26 Å². The highest BCUT2D eigenvalue weighted by Gasteiger charge is 2.20. The van der Waals surface area contributed by atoms with Gasteiger partial charge in [0.1, 0.15) is 6.04 Å². The van der Waals surface area contributed by atoms with Crippen LogP contribution < -0.4 is 10.6 Å². The van der Waals surface area contributed by atoms with E-state index in [1.54, 1.807) is 6.92 Å². The maximum Gasteiger partial charge on any atom is 0.239 e. The van der Waals surface area contributed by atoms with Crippen molar-refractivity contribution in [1.82, 2.24) is 20.8 Å². The number of nitrogens with zero attached hydrogens (tertiary/aromatic N) is 2. The van der Waals surface area contributed by atoms with Gasteiger partial charge in [0.15, 0.2) is 5.82 Å². The molecular weight excluding hydrogens is 224 g/mol. The summed E-state index contributed by atoms with van der Waals surface area (Å²) in [5.74, 6) is 1.09. The van der Waals surface area contributed by atoms with Crippen molar-refractivity contribution in [3.05, 3.63) is 11.7 Å². The van der Waals surface area contributed by atoms with Gasteiger partial charge in [0.05, 0.1) is 13.2 Å². The van der Waals surface area contributed by atoms with Crippen LogP contribution in [0.3, 0.4) is 0 Å². The molecule has 2 heterocycles. The first-order valence-corrected chi connectivity index (χ1v) is 5.64. The van der Waals surface area contributed by atoms with Gasteiger partial charge in [0.25, 0.3) is 0 Å². The molecular formula is C10H16N4O3. The van der Waals surface area contributed by atoms with E-state index in [9.17, 15) is 4.79 Å². The molecule has 0 aromatic carbocycles. The maximum absolute atomic E-state index is 11.7. The Balaban J connectivity index is 1.69. The normalized spacial score (nSPS) is 20.2. The number of ether oxygens (including phenoxy) is 1. The van der Waals surface area contributed by atoms with Crippen molar-refractivity contribution in [2.75, 3.05) is 26.3 Å². The third kappa shape index (κ3) is 3.50. The van der Waals surface area contributed by atoms with Gasteiger partial charge < -0.3 is 19.9 Å².